The number of fused-ring (bicyclic) bond motifs is 1. The van der Waals surface area contributed by atoms with Crippen molar-refractivity contribution in [1.29, 1.82) is 0 Å². The first-order valence-electron chi connectivity index (χ1n) is 5.48. The van der Waals surface area contributed by atoms with Crippen LogP contribution in [0.1, 0.15) is 11.1 Å². The molecule has 0 fully saturated rings. The maximum Gasteiger partial charge on any atom is 0.240 e. The molecule has 2 rings (SSSR count). The molecule has 1 heterocycles. The minimum Gasteiger partial charge on any atom is -0.486 e. The van der Waals surface area contributed by atoms with Crippen molar-refractivity contribution in [3.8, 4) is 11.5 Å². The van der Waals surface area contributed by atoms with Crippen LogP contribution in [0.3, 0.4) is 0 Å². The third-order valence-corrected chi connectivity index (χ3v) is 2.74. The molecule has 0 aliphatic carbocycles. The van der Waals surface area contributed by atoms with Gasteiger partial charge < -0.3 is 9.47 Å². The molecule has 2 N–H and O–H groups in total. The molecule has 5 heteroatoms. The zero-order valence-electron chi connectivity index (χ0n) is 10.0. The van der Waals surface area contributed by atoms with Crippen LogP contribution in [0.4, 0.5) is 0 Å². The summed E-state index contributed by atoms with van der Waals surface area (Å²) < 4.78 is 10.9. The van der Waals surface area contributed by atoms with Gasteiger partial charge in [-0.2, -0.15) is 0 Å². The van der Waals surface area contributed by atoms with Crippen LogP contribution in [-0.2, 0) is 11.2 Å². The Kier molecular flexibility index (Phi) is 3.19. The molecule has 5 nitrogen and oxygen atoms in total. The number of nitrogens with zero attached hydrogens (tertiary/aromatic N) is 1. The molecule has 0 bridgehead atoms. The van der Waals surface area contributed by atoms with Gasteiger partial charge in [-0.25, -0.2) is 5.84 Å². The number of aryl methyl sites for hydroxylation is 1. The molecule has 0 aromatic heterocycles. The van der Waals surface area contributed by atoms with Crippen LogP contribution in [0.25, 0.3) is 0 Å². The summed E-state index contributed by atoms with van der Waals surface area (Å²) in [6.45, 7) is 3.05. The van der Waals surface area contributed by atoms with Gasteiger partial charge in [0.05, 0.1) is 6.42 Å². The first kappa shape index (κ1) is 11.7. The summed E-state index contributed by atoms with van der Waals surface area (Å²) in [5.41, 5.74) is 1.92. The van der Waals surface area contributed by atoms with Gasteiger partial charge in [0.25, 0.3) is 0 Å². The van der Waals surface area contributed by atoms with Crippen molar-refractivity contribution in [1.82, 2.24) is 5.01 Å². The summed E-state index contributed by atoms with van der Waals surface area (Å²) in [4.78, 5) is 11.6. The highest BCUT2D eigenvalue weighted by molar-refractivity contribution is 5.78. The van der Waals surface area contributed by atoms with Crippen LogP contribution in [0.2, 0.25) is 0 Å². The summed E-state index contributed by atoms with van der Waals surface area (Å²) in [7, 11) is 1.54. The molecule has 1 amide bonds. The molecule has 0 saturated carbocycles. The van der Waals surface area contributed by atoms with Crippen molar-refractivity contribution in [2.75, 3.05) is 20.3 Å². The Bertz CT molecular complexity index is 444. The number of carbonyl (C=O) groups excluding carboxylic acids is 1. The van der Waals surface area contributed by atoms with E-state index in [1.165, 1.54) is 7.05 Å². The second-order valence-corrected chi connectivity index (χ2v) is 4.10. The van der Waals surface area contributed by atoms with E-state index in [0.717, 1.165) is 21.9 Å². The van der Waals surface area contributed by atoms with E-state index in [1.807, 2.05) is 19.1 Å². The van der Waals surface area contributed by atoms with E-state index in [2.05, 4.69) is 0 Å². The molecule has 0 saturated heterocycles. The molecule has 1 aliphatic rings. The van der Waals surface area contributed by atoms with Gasteiger partial charge in [-0.15, -0.1) is 0 Å². The highest BCUT2D eigenvalue weighted by Gasteiger charge is 2.16. The second-order valence-electron chi connectivity index (χ2n) is 4.10. The topological polar surface area (TPSA) is 64.8 Å². The molecule has 0 atom stereocenters. The smallest absolute Gasteiger partial charge is 0.240 e. The maximum absolute atomic E-state index is 11.6. The Labute approximate surface area is 100 Å². The lowest BCUT2D eigenvalue weighted by Crippen LogP contribution is -2.34. The average Bonchev–Trinajstić information content (AvgIpc) is 2.29. The van der Waals surface area contributed by atoms with Crippen LogP contribution in [0.15, 0.2) is 12.1 Å². The monoisotopic (exact) mass is 236 g/mol. The number of ether oxygens (including phenoxy) is 2. The number of carbonyl (C=O) groups is 1. The van der Waals surface area contributed by atoms with E-state index in [4.69, 9.17) is 15.3 Å². The SMILES string of the molecule is Cc1cc2c(cc1CC(=O)N(C)N)OCCO2. The standard InChI is InChI=1S/C12H16N2O3/c1-8-5-10-11(17-4-3-16-10)6-9(8)7-12(15)14(2)13/h5-6H,3-4,7,13H2,1-2H3. The summed E-state index contributed by atoms with van der Waals surface area (Å²) in [5.74, 6) is 6.71. The summed E-state index contributed by atoms with van der Waals surface area (Å²) in [5, 5.41) is 1.09. The number of benzene rings is 1. The van der Waals surface area contributed by atoms with Gasteiger partial charge in [0, 0.05) is 7.05 Å². The molecule has 0 radical (unpaired) electrons. The van der Waals surface area contributed by atoms with Gasteiger partial charge in [0.2, 0.25) is 5.91 Å². The zero-order chi connectivity index (χ0) is 12.4. The fourth-order valence-electron chi connectivity index (χ4n) is 1.71. The van der Waals surface area contributed by atoms with E-state index < -0.39 is 0 Å². The van der Waals surface area contributed by atoms with Crippen molar-refractivity contribution in [3.63, 3.8) is 0 Å². The number of rotatable bonds is 2. The van der Waals surface area contributed by atoms with Gasteiger partial charge >= 0.3 is 0 Å². The molecule has 1 aromatic rings. The van der Waals surface area contributed by atoms with E-state index in [-0.39, 0.29) is 12.3 Å². The van der Waals surface area contributed by atoms with Crippen LogP contribution in [-0.4, -0.2) is 31.2 Å². The predicted octanol–water partition coefficient (Wildman–Crippen LogP) is 0.641. The Morgan fingerprint density at radius 3 is 2.53 bits per heavy atom. The highest BCUT2D eigenvalue weighted by Crippen LogP contribution is 2.33. The minimum atomic E-state index is -0.134. The third-order valence-electron chi connectivity index (χ3n) is 2.74. The Hall–Kier alpha value is -1.75. The fraction of sp³-hybridized carbons (Fsp3) is 0.417. The Morgan fingerprint density at radius 1 is 1.35 bits per heavy atom. The maximum atomic E-state index is 11.6. The summed E-state index contributed by atoms with van der Waals surface area (Å²) in [6.07, 6.45) is 0.273. The van der Waals surface area contributed by atoms with Gasteiger partial charge in [0.15, 0.2) is 11.5 Å². The predicted molar refractivity (Wildman–Crippen MR) is 62.8 cm³/mol. The first-order valence-corrected chi connectivity index (χ1v) is 5.48. The van der Waals surface area contributed by atoms with E-state index in [1.54, 1.807) is 0 Å². The first-order chi connectivity index (χ1) is 8.08. The van der Waals surface area contributed by atoms with Gasteiger partial charge in [-0.3, -0.25) is 9.80 Å². The average molecular weight is 236 g/mol. The van der Waals surface area contributed by atoms with Crippen molar-refractivity contribution in [2.45, 2.75) is 13.3 Å². The molecule has 92 valence electrons. The molecule has 1 aliphatic heterocycles. The highest BCUT2D eigenvalue weighted by atomic mass is 16.6. The minimum absolute atomic E-state index is 0.134. The summed E-state index contributed by atoms with van der Waals surface area (Å²) in [6, 6.07) is 3.75. The zero-order valence-corrected chi connectivity index (χ0v) is 10.0. The molecular formula is C12H16N2O3. The van der Waals surface area contributed by atoms with Crippen LogP contribution in [0.5, 0.6) is 11.5 Å². The fourth-order valence-corrected chi connectivity index (χ4v) is 1.71. The van der Waals surface area contributed by atoms with Crippen molar-refractivity contribution >= 4 is 5.91 Å². The van der Waals surface area contributed by atoms with Crippen molar-refractivity contribution in [3.05, 3.63) is 23.3 Å². The molecular weight excluding hydrogens is 220 g/mol. The van der Waals surface area contributed by atoms with Crippen molar-refractivity contribution in [2.24, 2.45) is 5.84 Å². The summed E-state index contributed by atoms with van der Waals surface area (Å²) >= 11 is 0. The number of hydrazine groups is 1. The lowest BCUT2D eigenvalue weighted by atomic mass is 10.0. The molecule has 0 unspecified atom stereocenters. The lowest BCUT2D eigenvalue weighted by molar-refractivity contribution is -0.129. The van der Waals surface area contributed by atoms with Crippen LogP contribution < -0.4 is 15.3 Å². The molecule has 0 spiro atoms. The molecule has 1 aromatic carbocycles. The second kappa shape index (κ2) is 4.63. The van der Waals surface area contributed by atoms with Gasteiger partial charge in [-0.1, -0.05) is 0 Å². The quantitative estimate of drug-likeness (QED) is 0.465. The van der Waals surface area contributed by atoms with Gasteiger partial charge in [0.1, 0.15) is 13.2 Å². The number of likely N-dealkylation sites (N-methyl/N-ethyl adjacent to an activating group) is 1. The van der Waals surface area contributed by atoms with Gasteiger partial charge in [-0.05, 0) is 30.2 Å². The number of nitrogens with two attached hydrogens (primary N) is 1. The lowest BCUT2D eigenvalue weighted by Gasteiger charge is -2.20. The molecule has 17 heavy (non-hydrogen) atoms. The van der Waals surface area contributed by atoms with Crippen LogP contribution in [0, 0.1) is 6.92 Å². The van der Waals surface area contributed by atoms with E-state index >= 15 is 0 Å². The van der Waals surface area contributed by atoms with E-state index in [9.17, 15) is 4.79 Å². The Morgan fingerprint density at radius 2 is 1.94 bits per heavy atom. The third kappa shape index (κ3) is 2.50. The largest absolute Gasteiger partial charge is 0.486 e. The normalized spacial score (nSPS) is 13.4. The number of amides is 1. The number of hydrogen-bond acceptors (Lipinski definition) is 4. The Balaban J connectivity index is 2.26. The van der Waals surface area contributed by atoms with E-state index in [0.29, 0.717) is 19.0 Å². The van der Waals surface area contributed by atoms with Crippen LogP contribution >= 0.6 is 0 Å². The van der Waals surface area contributed by atoms with Crippen molar-refractivity contribution < 1.29 is 14.3 Å². The number of hydrogen-bond donors (Lipinski definition) is 1.